The van der Waals surface area contributed by atoms with Crippen LogP contribution in [0.25, 0.3) is 0 Å². The van der Waals surface area contributed by atoms with Gasteiger partial charge in [-0.25, -0.2) is 4.98 Å². The van der Waals surface area contributed by atoms with Crippen LogP contribution in [-0.4, -0.2) is 10.2 Å². The fraction of sp³-hybridized carbons (Fsp3) is 0.571. The molecule has 0 saturated carbocycles. The summed E-state index contributed by atoms with van der Waals surface area (Å²) >= 11 is 7.00. The third kappa shape index (κ3) is 3.58. The normalized spacial score (nSPS) is 10.9. The van der Waals surface area contributed by atoms with Gasteiger partial charge in [0.2, 0.25) is 0 Å². The zero-order valence-corrected chi connectivity index (χ0v) is 9.72. The van der Waals surface area contributed by atoms with Gasteiger partial charge >= 0.3 is 0 Å². The van der Waals surface area contributed by atoms with E-state index >= 15 is 0 Å². The van der Waals surface area contributed by atoms with Crippen LogP contribution in [0, 0.1) is 0 Å². The van der Waals surface area contributed by atoms with Gasteiger partial charge in [-0.1, -0.05) is 13.8 Å². The third-order valence-electron chi connectivity index (χ3n) is 1.08. The molecule has 0 atom stereocenters. The number of thiazole rings is 1. The first-order valence-corrected chi connectivity index (χ1v) is 6.06. The Hall–Kier alpha value is 0.460. The number of rotatable bonds is 3. The summed E-state index contributed by atoms with van der Waals surface area (Å²) in [4.78, 5) is 5.46. The molecule has 0 aromatic carbocycles. The molecule has 0 radical (unpaired) electrons. The minimum absolute atomic E-state index is 0.705. The van der Waals surface area contributed by atoms with Crippen LogP contribution in [0.4, 0.5) is 0 Å². The van der Waals surface area contributed by atoms with Gasteiger partial charge in [-0.05, 0) is 21.2 Å². The van der Waals surface area contributed by atoms with Crippen LogP contribution in [0.5, 0.6) is 0 Å². The summed E-state index contributed by atoms with van der Waals surface area (Å²) in [6, 6.07) is 0. The molecular formula is C7H10BrNS2. The molecule has 0 aliphatic rings. The molecule has 11 heavy (non-hydrogen) atoms. The number of hydrogen-bond donors (Lipinski definition) is 0. The van der Waals surface area contributed by atoms with Gasteiger partial charge in [-0.15, -0.1) is 11.3 Å². The molecule has 62 valence electrons. The molecule has 0 N–H and O–H groups in total. The predicted molar refractivity (Wildman–Crippen MR) is 56.2 cm³/mol. The second-order valence-electron chi connectivity index (χ2n) is 2.44. The summed E-state index contributed by atoms with van der Waals surface area (Å²) in [5, 5.41) is 0.705. The molecule has 0 saturated heterocycles. The Bertz CT molecular complexity index is 222. The number of thioether (sulfide) groups is 1. The number of nitrogens with zero attached hydrogens (tertiary/aromatic N) is 1. The maximum atomic E-state index is 4.12. The van der Waals surface area contributed by atoms with Gasteiger partial charge in [0.1, 0.15) is 0 Å². The summed E-state index contributed by atoms with van der Waals surface area (Å²) in [7, 11) is 0. The SMILES string of the molecule is CC(C)SCc1cnc(Br)s1. The third-order valence-corrected chi connectivity index (χ3v) is 3.89. The fourth-order valence-electron chi connectivity index (χ4n) is 0.599. The molecule has 1 aromatic rings. The largest absolute Gasteiger partial charge is 0.237 e. The molecule has 1 rings (SSSR count). The lowest BCUT2D eigenvalue weighted by Crippen LogP contribution is -1.85. The van der Waals surface area contributed by atoms with E-state index in [2.05, 4.69) is 34.8 Å². The zero-order valence-electron chi connectivity index (χ0n) is 6.50. The van der Waals surface area contributed by atoms with Crippen molar-refractivity contribution in [2.45, 2.75) is 24.9 Å². The fourth-order valence-corrected chi connectivity index (χ4v) is 2.76. The second kappa shape index (κ2) is 4.48. The van der Waals surface area contributed by atoms with E-state index in [1.165, 1.54) is 4.88 Å². The van der Waals surface area contributed by atoms with Gasteiger partial charge in [-0.3, -0.25) is 0 Å². The number of aromatic nitrogens is 1. The Morgan fingerprint density at radius 2 is 2.45 bits per heavy atom. The predicted octanol–water partition coefficient (Wildman–Crippen LogP) is 3.55. The van der Waals surface area contributed by atoms with Crippen LogP contribution < -0.4 is 0 Å². The zero-order chi connectivity index (χ0) is 8.27. The van der Waals surface area contributed by atoms with Crippen molar-refractivity contribution in [3.8, 4) is 0 Å². The first-order chi connectivity index (χ1) is 5.18. The van der Waals surface area contributed by atoms with Gasteiger partial charge in [-0.2, -0.15) is 11.8 Å². The molecule has 0 bridgehead atoms. The van der Waals surface area contributed by atoms with Crippen LogP contribution in [0.15, 0.2) is 10.1 Å². The van der Waals surface area contributed by atoms with Gasteiger partial charge in [0.25, 0.3) is 0 Å². The Morgan fingerprint density at radius 1 is 1.73 bits per heavy atom. The lowest BCUT2D eigenvalue weighted by Gasteiger charge is -2.00. The standard InChI is InChI=1S/C7H10BrNS2/c1-5(2)10-4-6-3-9-7(8)11-6/h3,5H,4H2,1-2H3. The molecular weight excluding hydrogens is 242 g/mol. The van der Waals surface area contributed by atoms with Gasteiger partial charge < -0.3 is 0 Å². The first kappa shape index (κ1) is 9.55. The van der Waals surface area contributed by atoms with Crippen molar-refractivity contribution in [3.63, 3.8) is 0 Å². The lowest BCUT2D eigenvalue weighted by atomic mass is 10.6. The van der Waals surface area contributed by atoms with Gasteiger partial charge in [0, 0.05) is 16.8 Å². The van der Waals surface area contributed by atoms with Crippen LogP contribution in [0.1, 0.15) is 18.7 Å². The van der Waals surface area contributed by atoms with E-state index in [0.717, 1.165) is 9.67 Å². The van der Waals surface area contributed by atoms with E-state index in [4.69, 9.17) is 0 Å². The minimum Gasteiger partial charge on any atom is -0.237 e. The molecule has 0 unspecified atom stereocenters. The maximum absolute atomic E-state index is 4.12. The highest BCUT2D eigenvalue weighted by Gasteiger charge is 2.00. The molecule has 0 spiro atoms. The van der Waals surface area contributed by atoms with Gasteiger partial charge in [0.05, 0.1) is 0 Å². The summed E-state index contributed by atoms with van der Waals surface area (Å²) in [5.41, 5.74) is 0. The van der Waals surface area contributed by atoms with Crippen molar-refractivity contribution in [3.05, 3.63) is 15.0 Å². The van der Waals surface area contributed by atoms with E-state index in [-0.39, 0.29) is 0 Å². The molecule has 1 nitrogen and oxygen atoms in total. The summed E-state index contributed by atoms with van der Waals surface area (Å²) in [6.45, 7) is 4.42. The lowest BCUT2D eigenvalue weighted by molar-refractivity contribution is 1.11. The molecule has 0 aliphatic heterocycles. The Balaban J connectivity index is 2.39. The van der Waals surface area contributed by atoms with E-state index in [1.807, 2.05) is 18.0 Å². The molecule has 4 heteroatoms. The molecule has 1 heterocycles. The Kier molecular flexibility index (Phi) is 3.89. The van der Waals surface area contributed by atoms with Crippen LogP contribution in [0.2, 0.25) is 0 Å². The summed E-state index contributed by atoms with van der Waals surface area (Å²) in [5.74, 6) is 1.08. The number of hydrogen-bond acceptors (Lipinski definition) is 3. The highest BCUT2D eigenvalue weighted by atomic mass is 79.9. The van der Waals surface area contributed by atoms with E-state index in [0.29, 0.717) is 5.25 Å². The summed E-state index contributed by atoms with van der Waals surface area (Å²) < 4.78 is 0.983. The van der Waals surface area contributed by atoms with Crippen molar-refractivity contribution in [2.24, 2.45) is 0 Å². The molecule has 0 fully saturated rings. The quantitative estimate of drug-likeness (QED) is 0.816. The van der Waals surface area contributed by atoms with Crippen molar-refractivity contribution in [1.29, 1.82) is 0 Å². The van der Waals surface area contributed by atoms with Crippen molar-refractivity contribution < 1.29 is 0 Å². The second-order valence-corrected chi connectivity index (χ2v) is 6.40. The summed E-state index contributed by atoms with van der Waals surface area (Å²) in [6.07, 6.45) is 1.93. The Labute approximate surface area is 83.7 Å². The van der Waals surface area contributed by atoms with E-state index in [1.54, 1.807) is 11.3 Å². The highest BCUT2D eigenvalue weighted by molar-refractivity contribution is 9.11. The van der Waals surface area contributed by atoms with Crippen molar-refractivity contribution >= 4 is 39.0 Å². The van der Waals surface area contributed by atoms with Crippen molar-refractivity contribution in [1.82, 2.24) is 4.98 Å². The Morgan fingerprint density at radius 3 is 2.91 bits per heavy atom. The van der Waals surface area contributed by atoms with Gasteiger partial charge in [0.15, 0.2) is 3.92 Å². The minimum atomic E-state index is 0.705. The highest BCUT2D eigenvalue weighted by Crippen LogP contribution is 2.24. The molecule has 0 amide bonds. The van der Waals surface area contributed by atoms with Crippen LogP contribution >= 0.6 is 39.0 Å². The van der Waals surface area contributed by atoms with E-state index in [9.17, 15) is 0 Å². The van der Waals surface area contributed by atoms with Crippen LogP contribution in [0.3, 0.4) is 0 Å². The maximum Gasteiger partial charge on any atom is 0.159 e. The van der Waals surface area contributed by atoms with Crippen LogP contribution in [-0.2, 0) is 5.75 Å². The van der Waals surface area contributed by atoms with E-state index < -0.39 is 0 Å². The monoisotopic (exact) mass is 251 g/mol. The smallest absolute Gasteiger partial charge is 0.159 e. The van der Waals surface area contributed by atoms with Crippen molar-refractivity contribution in [2.75, 3.05) is 0 Å². The topological polar surface area (TPSA) is 12.9 Å². The average molecular weight is 252 g/mol. The molecule has 0 aliphatic carbocycles. The molecule has 1 aromatic heterocycles. The number of halogens is 1. The average Bonchev–Trinajstić information content (AvgIpc) is 2.31. The first-order valence-electron chi connectivity index (χ1n) is 3.40.